The van der Waals surface area contributed by atoms with E-state index in [-0.39, 0.29) is 17.3 Å². The van der Waals surface area contributed by atoms with Crippen molar-refractivity contribution in [3.05, 3.63) is 23.7 Å². The first-order valence-corrected chi connectivity index (χ1v) is 7.19. The first-order chi connectivity index (χ1) is 7.92. The zero-order valence-corrected chi connectivity index (χ0v) is 10.4. The van der Waals surface area contributed by atoms with E-state index in [4.69, 9.17) is 9.68 Å². The fourth-order valence-corrected chi connectivity index (χ4v) is 4.11. The maximum Gasteiger partial charge on any atom is 0.203 e. The van der Waals surface area contributed by atoms with E-state index in [1.54, 1.807) is 12.1 Å². The highest BCUT2D eigenvalue weighted by atomic mass is 32.2. The third kappa shape index (κ3) is 2.87. The lowest BCUT2D eigenvalue weighted by Gasteiger charge is -2.23. The molecule has 0 amide bonds. The second-order valence-electron chi connectivity index (χ2n) is 4.63. The van der Waals surface area contributed by atoms with Crippen LogP contribution in [0.1, 0.15) is 24.9 Å². The first kappa shape index (κ1) is 12.1. The molecule has 0 saturated carbocycles. The van der Waals surface area contributed by atoms with Gasteiger partial charge in [0.05, 0.1) is 18.1 Å². The van der Waals surface area contributed by atoms with Crippen molar-refractivity contribution in [2.24, 2.45) is 0 Å². The molecule has 0 spiro atoms. The van der Waals surface area contributed by atoms with Crippen LogP contribution in [0, 0.1) is 11.3 Å². The second-order valence-corrected chi connectivity index (χ2v) is 6.82. The van der Waals surface area contributed by atoms with Gasteiger partial charge in [-0.25, -0.2) is 8.42 Å². The highest BCUT2D eigenvalue weighted by molar-refractivity contribution is 7.91. The Morgan fingerprint density at radius 3 is 2.88 bits per heavy atom. The summed E-state index contributed by atoms with van der Waals surface area (Å²) in [5, 5.41) is 11.8. The zero-order valence-electron chi connectivity index (χ0n) is 9.56. The van der Waals surface area contributed by atoms with E-state index in [1.807, 2.05) is 13.0 Å². The number of sulfone groups is 1. The molecule has 1 atom stereocenters. The Kier molecular flexibility index (Phi) is 2.98. The van der Waals surface area contributed by atoms with Crippen molar-refractivity contribution in [3.8, 4) is 6.07 Å². The molecule has 0 aliphatic carbocycles. The summed E-state index contributed by atoms with van der Waals surface area (Å²) in [6, 6.07) is 5.23. The van der Waals surface area contributed by atoms with E-state index in [0.717, 1.165) is 0 Å². The Bertz CT molecular complexity index is 556. The smallest absolute Gasteiger partial charge is 0.203 e. The second kappa shape index (κ2) is 4.17. The summed E-state index contributed by atoms with van der Waals surface area (Å²) in [5.74, 6) is 1.31. The fraction of sp³-hybridized carbons (Fsp3) is 0.545. The number of nitrogens with zero attached hydrogens (tertiary/aromatic N) is 1. The van der Waals surface area contributed by atoms with Crippen molar-refractivity contribution in [2.75, 3.05) is 11.5 Å². The molecule has 1 saturated heterocycles. The molecule has 6 heteroatoms. The number of hydrogen-bond acceptors (Lipinski definition) is 5. The van der Waals surface area contributed by atoms with Crippen molar-refractivity contribution in [3.63, 3.8) is 0 Å². The van der Waals surface area contributed by atoms with Crippen LogP contribution in [0.4, 0.5) is 0 Å². The minimum Gasteiger partial charge on any atom is -0.449 e. The number of nitrogens with one attached hydrogen (secondary N) is 1. The quantitative estimate of drug-likeness (QED) is 0.863. The molecular weight excluding hydrogens is 240 g/mol. The molecule has 0 aromatic carbocycles. The van der Waals surface area contributed by atoms with Gasteiger partial charge in [0, 0.05) is 5.54 Å². The van der Waals surface area contributed by atoms with Gasteiger partial charge in [-0.1, -0.05) is 0 Å². The lowest BCUT2D eigenvalue weighted by molar-refractivity contribution is 0.366. The van der Waals surface area contributed by atoms with Crippen molar-refractivity contribution in [1.29, 1.82) is 5.26 Å². The van der Waals surface area contributed by atoms with Crippen LogP contribution < -0.4 is 5.32 Å². The Hall–Kier alpha value is -1.32. The molecule has 1 aliphatic heterocycles. The molecule has 1 aliphatic rings. The van der Waals surface area contributed by atoms with E-state index in [0.29, 0.717) is 18.7 Å². The zero-order chi connectivity index (χ0) is 12.5. The molecule has 1 aromatic heterocycles. The maximum absolute atomic E-state index is 11.4. The molecule has 0 radical (unpaired) electrons. The molecule has 1 aromatic rings. The third-order valence-electron chi connectivity index (χ3n) is 2.96. The Labute approximate surface area is 100 Å². The summed E-state index contributed by atoms with van der Waals surface area (Å²) in [4.78, 5) is 0. The van der Waals surface area contributed by atoms with Gasteiger partial charge in [-0.15, -0.1) is 0 Å². The summed E-state index contributed by atoms with van der Waals surface area (Å²) in [6.45, 7) is 2.33. The summed E-state index contributed by atoms with van der Waals surface area (Å²) >= 11 is 0. The van der Waals surface area contributed by atoms with Gasteiger partial charge in [0.1, 0.15) is 11.8 Å². The van der Waals surface area contributed by atoms with Crippen LogP contribution in [-0.2, 0) is 16.4 Å². The van der Waals surface area contributed by atoms with Crippen LogP contribution in [0.2, 0.25) is 0 Å². The lowest BCUT2D eigenvalue weighted by Crippen LogP contribution is -2.42. The predicted molar refractivity (Wildman–Crippen MR) is 61.9 cm³/mol. The van der Waals surface area contributed by atoms with Crippen LogP contribution in [-0.4, -0.2) is 25.5 Å². The number of rotatable bonds is 3. The monoisotopic (exact) mass is 254 g/mol. The summed E-state index contributed by atoms with van der Waals surface area (Å²) in [5.41, 5.74) is -0.390. The van der Waals surface area contributed by atoms with E-state index in [9.17, 15) is 8.42 Å². The molecule has 92 valence electrons. The van der Waals surface area contributed by atoms with Gasteiger partial charge in [-0.2, -0.15) is 5.26 Å². The molecule has 2 heterocycles. The van der Waals surface area contributed by atoms with Gasteiger partial charge in [-0.3, -0.25) is 0 Å². The third-order valence-corrected chi connectivity index (χ3v) is 4.87. The largest absolute Gasteiger partial charge is 0.449 e. The molecule has 0 bridgehead atoms. The van der Waals surface area contributed by atoms with Crippen LogP contribution >= 0.6 is 0 Å². The van der Waals surface area contributed by atoms with E-state index in [1.165, 1.54) is 0 Å². The van der Waals surface area contributed by atoms with Crippen molar-refractivity contribution in [2.45, 2.75) is 25.4 Å². The van der Waals surface area contributed by atoms with E-state index in [2.05, 4.69) is 5.32 Å². The minimum absolute atomic E-state index is 0.159. The summed E-state index contributed by atoms with van der Waals surface area (Å²) in [6.07, 6.45) is 0.612. The number of furan rings is 1. The molecule has 17 heavy (non-hydrogen) atoms. The first-order valence-electron chi connectivity index (χ1n) is 5.37. The summed E-state index contributed by atoms with van der Waals surface area (Å²) in [7, 11) is -2.90. The SMILES string of the molecule is CC1(NCc2ccc(C#N)o2)CCS(=O)(=O)C1. The van der Waals surface area contributed by atoms with Crippen molar-refractivity contribution >= 4 is 9.84 Å². The predicted octanol–water partition coefficient (Wildman–Crippen LogP) is 0.818. The number of nitriles is 1. The van der Waals surface area contributed by atoms with Gasteiger partial charge in [-0.05, 0) is 25.5 Å². The minimum atomic E-state index is -2.90. The topological polar surface area (TPSA) is 83.1 Å². The molecule has 5 nitrogen and oxygen atoms in total. The average Bonchev–Trinajstić information content (AvgIpc) is 2.81. The Morgan fingerprint density at radius 2 is 2.35 bits per heavy atom. The van der Waals surface area contributed by atoms with Gasteiger partial charge < -0.3 is 9.73 Å². The molecular formula is C11H14N2O3S. The van der Waals surface area contributed by atoms with Crippen LogP contribution in [0.25, 0.3) is 0 Å². The average molecular weight is 254 g/mol. The standard InChI is InChI=1S/C11H14N2O3S/c1-11(4-5-17(14,15)8-11)13-7-10-3-2-9(6-12)16-10/h2-3,13H,4-5,7-8H2,1H3. The molecule has 2 rings (SSSR count). The summed E-state index contributed by atoms with van der Waals surface area (Å²) < 4.78 is 28.0. The number of hydrogen-bond donors (Lipinski definition) is 1. The van der Waals surface area contributed by atoms with Crippen LogP contribution in [0.5, 0.6) is 0 Å². The van der Waals surface area contributed by atoms with Gasteiger partial charge in [0.2, 0.25) is 5.76 Å². The van der Waals surface area contributed by atoms with Gasteiger partial charge >= 0.3 is 0 Å². The highest BCUT2D eigenvalue weighted by Crippen LogP contribution is 2.23. The van der Waals surface area contributed by atoms with E-state index >= 15 is 0 Å². The van der Waals surface area contributed by atoms with Crippen LogP contribution in [0.15, 0.2) is 16.5 Å². The van der Waals surface area contributed by atoms with E-state index < -0.39 is 15.4 Å². The maximum atomic E-state index is 11.4. The molecule has 1 unspecified atom stereocenters. The Balaban J connectivity index is 1.97. The van der Waals surface area contributed by atoms with Crippen LogP contribution in [0.3, 0.4) is 0 Å². The fourth-order valence-electron chi connectivity index (χ4n) is 1.98. The van der Waals surface area contributed by atoms with Gasteiger partial charge in [0.15, 0.2) is 9.84 Å². The molecule has 1 fully saturated rings. The lowest BCUT2D eigenvalue weighted by atomic mass is 10.0. The van der Waals surface area contributed by atoms with Crippen molar-refractivity contribution in [1.82, 2.24) is 5.32 Å². The highest BCUT2D eigenvalue weighted by Gasteiger charge is 2.37. The van der Waals surface area contributed by atoms with Crippen molar-refractivity contribution < 1.29 is 12.8 Å². The molecule has 1 N–H and O–H groups in total. The normalized spacial score (nSPS) is 26.8. The van der Waals surface area contributed by atoms with Gasteiger partial charge in [0.25, 0.3) is 0 Å². The Morgan fingerprint density at radius 1 is 1.59 bits per heavy atom.